The summed E-state index contributed by atoms with van der Waals surface area (Å²) in [7, 11) is -1.85. The van der Waals surface area contributed by atoms with E-state index in [1.807, 2.05) is 12.1 Å². The Labute approximate surface area is 259 Å². The van der Waals surface area contributed by atoms with E-state index in [1.165, 1.54) is 0 Å². The van der Waals surface area contributed by atoms with Crippen LogP contribution in [-0.4, -0.2) is 44.1 Å². The van der Waals surface area contributed by atoms with Crippen molar-refractivity contribution in [2.45, 2.75) is 52.0 Å². The third-order valence-corrected chi connectivity index (χ3v) is 9.76. The summed E-state index contributed by atoms with van der Waals surface area (Å²) in [5.74, 6) is 1.21. The van der Waals surface area contributed by atoms with Crippen LogP contribution in [0.4, 0.5) is 11.4 Å². The van der Waals surface area contributed by atoms with E-state index in [4.69, 9.17) is 4.52 Å². The Balaban J connectivity index is 1.21. The van der Waals surface area contributed by atoms with E-state index in [1.54, 1.807) is 36.4 Å². The van der Waals surface area contributed by atoms with Crippen LogP contribution in [0.1, 0.15) is 56.3 Å². The molecule has 2 N–H and O–H groups in total. The number of hydrogen-bond donors (Lipinski definition) is 2. The highest BCUT2D eigenvalue weighted by atomic mass is 32.2. The zero-order chi connectivity index (χ0) is 30.8. The van der Waals surface area contributed by atoms with Crippen molar-refractivity contribution in [3.63, 3.8) is 0 Å². The first-order valence-corrected chi connectivity index (χ1v) is 16.8. The van der Waals surface area contributed by atoms with Crippen molar-refractivity contribution in [1.82, 2.24) is 14.9 Å². The fourth-order valence-electron chi connectivity index (χ4n) is 5.63. The van der Waals surface area contributed by atoms with E-state index in [9.17, 15) is 13.2 Å². The number of fused-ring (bicyclic) bond motifs is 1. The maximum Gasteiger partial charge on any atom is 0.265 e. The van der Waals surface area contributed by atoms with Gasteiger partial charge in [-0.25, -0.2) is 13.1 Å². The number of rotatable bonds is 11. The second-order valence-electron chi connectivity index (χ2n) is 12.4. The number of nitrogens with one attached hydrogen (secondary N) is 2. The number of sulfonamides is 1. The minimum absolute atomic E-state index is 0.132. The van der Waals surface area contributed by atoms with Crippen LogP contribution in [-0.2, 0) is 10.0 Å². The van der Waals surface area contributed by atoms with Crippen LogP contribution >= 0.6 is 0 Å². The van der Waals surface area contributed by atoms with Gasteiger partial charge >= 0.3 is 0 Å². The molecular weight excluding hydrogens is 574 g/mol. The minimum atomic E-state index is -3.97. The molecule has 1 saturated carbocycles. The molecule has 6 rings (SSSR count). The van der Waals surface area contributed by atoms with Gasteiger partial charge in [0, 0.05) is 36.3 Å². The quantitative estimate of drug-likeness (QED) is 0.234. The van der Waals surface area contributed by atoms with Gasteiger partial charge in [0.15, 0.2) is 0 Å². The van der Waals surface area contributed by atoms with E-state index in [0.717, 1.165) is 55.6 Å². The number of carbonyl (C=O) groups excluding carboxylic acids is 1. The van der Waals surface area contributed by atoms with Gasteiger partial charge in [0.1, 0.15) is 0 Å². The molecule has 9 nitrogen and oxygen atoms in total. The summed E-state index contributed by atoms with van der Waals surface area (Å²) < 4.78 is 33.5. The summed E-state index contributed by atoms with van der Waals surface area (Å²) in [5, 5.41) is 7.96. The first-order chi connectivity index (χ1) is 21.2. The van der Waals surface area contributed by atoms with Gasteiger partial charge in [-0.15, -0.1) is 0 Å². The molecule has 44 heavy (non-hydrogen) atoms. The van der Waals surface area contributed by atoms with Crippen molar-refractivity contribution < 1.29 is 17.7 Å². The summed E-state index contributed by atoms with van der Waals surface area (Å²) >= 11 is 0. The predicted molar refractivity (Wildman–Crippen MR) is 174 cm³/mol. The molecule has 3 aliphatic carbocycles. The first-order valence-electron chi connectivity index (χ1n) is 15.4. The largest absolute Gasteiger partial charge is 0.377 e. The highest BCUT2D eigenvalue weighted by Crippen LogP contribution is 2.45. The average molecular weight is 614 g/mol. The molecule has 230 valence electrons. The maximum absolute atomic E-state index is 13.0. The summed E-state index contributed by atoms with van der Waals surface area (Å²) in [6.45, 7) is 5.41. The zero-order valence-corrected chi connectivity index (χ0v) is 26.2. The van der Waals surface area contributed by atoms with Crippen LogP contribution in [0.15, 0.2) is 82.3 Å². The van der Waals surface area contributed by atoms with E-state index in [0.29, 0.717) is 23.2 Å². The molecule has 0 radical (unpaired) electrons. The maximum atomic E-state index is 13.0. The van der Waals surface area contributed by atoms with Crippen LogP contribution in [0.25, 0.3) is 22.8 Å². The lowest BCUT2D eigenvalue weighted by molar-refractivity contribution is 0.0981. The number of aromatic nitrogens is 2. The molecule has 2 aromatic carbocycles. The van der Waals surface area contributed by atoms with Gasteiger partial charge in [-0.2, -0.15) is 4.98 Å². The Hall–Kier alpha value is -4.18. The second kappa shape index (κ2) is 12.4. The molecule has 1 fully saturated rings. The topological polar surface area (TPSA) is 117 Å². The number of benzene rings is 2. The van der Waals surface area contributed by atoms with Gasteiger partial charge in [0.25, 0.3) is 21.8 Å². The molecule has 1 aromatic heterocycles. The van der Waals surface area contributed by atoms with Crippen LogP contribution in [0.2, 0.25) is 0 Å². The fraction of sp³-hybridized carbons (Fsp3) is 0.382. The third-order valence-electron chi connectivity index (χ3n) is 8.42. The van der Waals surface area contributed by atoms with Gasteiger partial charge in [0.05, 0.1) is 16.3 Å². The van der Waals surface area contributed by atoms with Gasteiger partial charge < -0.3 is 14.7 Å². The minimum Gasteiger partial charge on any atom is -0.377 e. The van der Waals surface area contributed by atoms with Gasteiger partial charge in [-0.1, -0.05) is 49.4 Å². The molecule has 0 saturated heterocycles. The summed E-state index contributed by atoms with van der Waals surface area (Å²) in [4.78, 5) is 20.0. The van der Waals surface area contributed by atoms with Crippen molar-refractivity contribution in [3.05, 3.63) is 83.3 Å². The lowest BCUT2D eigenvalue weighted by atomic mass is 10.0. The summed E-state index contributed by atoms with van der Waals surface area (Å²) in [5.41, 5.74) is 3.62. The first kappa shape index (κ1) is 29.9. The molecule has 3 aliphatic rings. The van der Waals surface area contributed by atoms with E-state index in [2.05, 4.69) is 70.3 Å². The second-order valence-corrected chi connectivity index (χ2v) is 14.1. The molecule has 1 heterocycles. The number of hydrogen-bond acceptors (Lipinski definition) is 8. The molecule has 3 aromatic rings. The number of anilines is 2. The highest BCUT2D eigenvalue weighted by Gasteiger charge is 2.37. The Morgan fingerprint density at radius 3 is 2.75 bits per heavy atom. The molecule has 0 bridgehead atoms. The lowest BCUT2D eigenvalue weighted by Crippen LogP contribution is -2.31. The molecule has 3 unspecified atom stereocenters. The van der Waals surface area contributed by atoms with Crippen molar-refractivity contribution in [2.75, 3.05) is 23.8 Å². The Kier molecular flexibility index (Phi) is 8.44. The van der Waals surface area contributed by atoms with Crippen molar-refractivity contribution in [2.24, 2.45) is 17.8 Å². The normalized spacial score (nSPS) is 20.6. The van der Waals surface area contributed by atoms with E-state index in [-0.39, 0.29) is 28.3 Å². The SMILES string of the molecule is CC(C)CCN(C)c1ccc(-c2noc(-c3cccc(C(=O)NS(=O)(=O)C4=CC5CC5C=C4)c3)n2)cc1NC1C=CCCC1. The number of nitrogens with zero attached hydrogens (tertiary/aromatic N) is 3. The van der Waals surface area contributed by atoms with Gasteiger partial charge in [-0.05, 0) is 92.3 Å². The molecule has 3 atom stereocenters. The van der Waals surface area contributed by atoms with Crippen LogP contribution < -0.4 is 14.9 Å². The fourth-order valence-corrected chi connectivity index (χ4v) is 6.72. The zero-order valence-electron chi connectivity index (χ0n) is 25.4. The molecule has 0 aliphatic heterocycles. The number of allylic oxidation sites excluding steroid dienone is 4. The smallest absolute Gasteiger partial charge is 0.265 e. The van der Waals surface area contributed by atoms with Gasteiger partial charge in [0.2, 0.25) is 5.82 Å². The lowest BCUT2D eigenvalue weighted by Gasteiger charge is -2.27. The van der Waals surface area contributed by atoms with E-state index < -0.39 is 15.9 Å². The van der Waals surface area contributed by atoms with Crippen LogP contribution in [0, 0.1) is 17.8 Å². The van der Waals surface area contributed by atoms with Gasteiger partial charge in [-0.3, -0.25) is 4.79 Å². The Morgan fingerprint density at radius 2 is 1.98 bits per heavy atom. The monoisotopic (exact) mass is 613 g/mol. The molecule has 0 spiro atoms. The Morgan fingerprint density at radius 1 is 1.11 bits per heavy atom. The number of carbonyl (C=O) groups is 1. The molecule has 1 amide bonds. The van der Waals surface area contributed by atoms with Crippen molar-refractivity contribution >= 4 is 27.3 Å². The van der Waals surface area contributed by atoms with E-state index >= 15 is 0 Å². The third kappa shape index (κ3) is 6.80. The van der Waals surface area contributed by atoms with Crippen LogP contribution in [0.3, 0.4) is 0 Å². The summed E-state index contributed by atoms with van der Waals surface area (Å²) in [6.07, 6.45) is 15.0. The van der Waals surface area contributed by atoms with Crippen molar-refractivity contribution in [3.8, 4) is 22.8 Å². The highest BCUT2D eigenvalue weighted by molar-refractivity contribution is 7.94. The van der Waals surface area contributed by atoms with Crippen LogP contribution in [0.5, 0.6) is 0 Å². The standard InChI is InChI=1S/C34H39N5O4S/c1-22(2)16-17-39(3)31-15-13-24(21-30(31)35-28-10-5-4-6-11-28)32-36-34(43-37-32)26-9-7-8-25(19-26)33(40)38-44(41,42)29-14-12-23-18-27(23)20-29/h5,7-10,12-15,19-23,27-28,35H,4,6,11,16-18H2,1-3H3,(H,38,40). The summed E-state index contributed by atoms with van der Waals surface area (Å²) in [6, 6.07) is 12.9. The molecule has 10 heteroatoms. The number of amides is 1. The Bertz CT molecular complexity index is 1740. The molecular formula is C34H39N5O4S. The predicted octanol–water partition coefficient (Wildman–Crippen LogP) is 6.56. The average Bonchev–Trinajstić information content (AvgIpc) is 3.64. The van der Waals surface area contributed by atoms with Crippen molar-refractivity contribution in [1.29, 1.82) is 0 Å².